The molecule has 0 atom stereocenters. The maximum Gasteiger partial charge on any atom is 0.416 e. The molecule has 0 saturated carbocycles. The van der Waals surface area contributed by atoms with Crippen LogP contribution in [0.4, 0.5) is 24.5 Å². The number of esters is 1. The minimum absolute atomic E-state index is 0.0162. The van der Waals surface area contributed by atoms with Crippen LogP contribution in [-0.4, -0.2) is 24.4 Å². The van der Waals surface area contributed by atoms with Crippen LogP contribution in [0, 0.1) is 13.8 Å². The molecule has 0 heterocycles. The van der Waals surface area contributed by atoms with Gasteiger partial charge < -0.3 is 15.4 Å². The van der Waals surface area contributed by atoms with Crippen molar-refractivity contribution >= 4 is 45.1 Å². The Bertz CT molecular complexity index is 1010. The lowest BCUT2D eigenvalue weighted by Gasteiger charge is -2.12. The first-order chi connectivity index (χ1) is 15.0. The van der Waals surface area contributed by atoms with Gasteiger partial charge in [0.2, 0.25) is 5.91 Å². The summed E-state index contributed by atoms with van der Waals surface area (Å²) >= 11 is 3.40. The number of rotatable bonds is 8. The molecule has 32 heavy (non-hydrogen) atoms. The van der Waals surface area contributed by atoms with Gasteiger partial charge in [0.25, 0.3) is 5.91 Å². The van der Waals surface area contributed by atoms with Crippen LogP contribution in [0.5, 0.6) is 0 Å². The molecular weight excluding hydrogens is 493 g/mol. The lowest BCUT2D eigenvalue weighted by Crippen LogP contribution is -2.21. The molecule has 2 amide bonds. The Hall–Kier alpha value is -2.88. The van der Waals surface area contributed by atoms with E-state index in [1.807, 2.05) is 13.8 Å². The standard InChI is InChI=1S/C22H22BrF3N2O4/c1-13-14(2)18(10-9-17(13)23)28-20(30)12-32-21(31)8-4-7-19(29)27-16-6-3-5-15(11-16)22(24,25)26/h3,5-6,9-11H,4,7-8,12H2,1-2H3,(H,27,29)(H,28,30). The Kier molecular flexibility index (Phi) is 8.82. The van der Waals surface area contributed by atoms with E-state index in [-0.39, 0.29) is 24.9 Å². The molecule has 0 aliphatic rings. The second-order valence-corrected chi connectivity index (χ2v) is 7.89. The number of alkyl halides is 3. The molecule has 0 radical (unpaired) electrons. The smallest absolute Gasteiger partial charge is 0.416 e. The van der Waals surface area contributed by atoms with E-state index in [1.54, 1.807) is 12.1 Å². The Morgan fingerprint density at radius 3 is 2.38 bits per heavy atom. The summed E-state index contributed by atoms with van der Waals surface area (Å²) in [7, 11) is 0. The van der Waals surface area contributed by atoms with Crippen LogP contribution in [-0.2, 0) is 25.3 Å². The SMILES string of the molecule is Cc1c(Br)ccc(NC(=O)COC(=O)CCCC(=O)Nc2cccc(C(F)(F)F)c2)c1C. The van der Waals surface area contributed by atoms with Crippen molar-refractivity contribution in [2.45, 2.75) is 39.3 Å². The topological polar surface area (TPSA) is 84.5 Å². The van der Waals surface area contributed by atoms with E-state index in [2.05, 4.69) is 26.6 Å². The number of hydrogen-bond acceptors (Lipinski definition) is 4. The quantitative estimate of drug-likeness (QED) is 0.463. The molecule has 2 aromatic carbocycles. The normalized spacial score (nSPS) is 11.1. The third-order valence-electron chi connectivity index (χ3n) is 4.62. The Morgan fingerprint density at radius 1 is 0.969 bits per heavy atom. The van der Waals surface area contributed by atoms with Crippen molar-refractivity contribution in [3.05, 3.63) is 57.6 Å². The number of nitrogens with one attached hydrogen (secondary N) is 2. The zero-order valence-electron chi connectivity index (χ0n) is 17.4. The second-order valence-electron chi connectivity index (χ2n) is 7.03. The highest BCUT2D eigenvalue weighted by molar-refractivity contribution is 9.10. The van der Waals surface area contributed by atoms with Gasteiger partial charge in [-0.2, -0.15) is 13.2 Å². The summed E-state index contributed by atoms with van der Waals surface area (Å²) in [6, 6.07) is 7.80. The van der Waals surface area contributed by atoms with Crippen molar-refractivity contribution in [3.63, 3.8) is 0 Å². The van der Waals surface area contributed by atoms with Gasteiger partial charge >= 0.3 is 12.1 Å². The predicted octanol–water partition coefficient (Wildman–Crippen LogP) is 5.38. The Balaban J connectivity index is 1.72. The maximum atomic E-state index is 12.7. The molecule has 0 saturated heterocycles. The van der Waals surface area contributed by atoms with Crippen molar-refractivity contribution in [2.24, 2.45) is 0 Å². The summed E-state index contributed by atoms with van der Waals surface area (Å²) in [5.74, 6) is -1.68. The molecule has 6 nitrogen and oxygen atoms in total. The fourth-order valence-corrected chi connectivity index (χ4v) is 3.15. The molecule has 0 aromatic heterocycles. The number of amides is 2. The zero-order valence-corrected chi connectivity index (χ0v) is 19.0. The van der Waals surface area contributed by atoms with Crippen LogP contribution in [0.15, 0.2) is 40.9 Å². The lowest BCUT2D eigenvalue weighted by atomic mass is 10.1. The van der Waals surface area contributed by atoms with Gasteiger partial charge in [0.1, 0.15) is 0 Å². The van der Waals surface area contributed by atoms with E-state index >= 15 is 0 Å². The molecule has 172 valence electrons. The summed E-state index contributed by atoms with van der Waals surface area (Å²) in [6.07, 6.45) is -4.59. The number of hydrogen-bond donors (Lipinski definition) is 2. The molecule has 2 aromatic rings. The van der Waals surface area contributed by atoms with Crippen molar-refractivity contribution in [3.8, 4) is 0 Å². The van der Waals surface area contributed by atoms with Gasteiger partial charge in [-0.3, -0.25) is 14.4 Å². The minimum Gasteiger partial charge on any atom is -0.456 e. The van der Waals surface area contributed by atoms with Crippen molar-refractivity contribution < 1.29 is 32.3 Å². The highest BCUT2D eigenvalue weighted by atomic mass is 79.9. The molecule has 2 rings (SSSR count). The van der Waals surface area contributed by atoms with Gasteiger partial charge in [0, 0.05) is 28.7 Å². The predicted molar refractivity (Wildman–Crippen MR) is 117 cm³/mol. The minimum atomic E-state index is -4.51. The Morgan fingerprint density at radius 2 is 1.69 bits per heavy atom. The fourth-order valence-electron chi connectivity index (χ4n) is 2.72. The second kappa shape index (κ2) is 11.1. The number of carbonyl (C=O) groups is 3. The third kappa shape index (κ3) is 7.67. The number of anilines is 2. The van der Waals surface area contributed by atoms with E-state index < -0.39 is 36.1 Å². The average Bonchev–Trinajstić information content (AvgIpc) is 2.72. The molecule has 2 N–H and O–H groups in total. The van der Waals surface area contributed by atoms with Crippen LogP contribution >= 0.6 is 15.9 Å². The van der Waals surface area contributed by atoms with E-state index in [9.17, 15) is 27.6 Å². The first-order valence-corrected chi connectivity index (χ1v) is 10.4. The third-order valence-corrected chi connectivity index (χ3v) is 5.48. The van der Waals surface area contributed by atoms with E-state index in [1.165, 1.54) is 12.1 Å². The van der Waals surface area contributed by atoms with Crippen LogP contribution in [0.2, 0.25) is 0 Å². The Labute approximate surface area is 191 Å². The number of benzene rings is 2. The first-order valence-electron chi connectivity index (χ1n) is 9.65. The molecule has 0 aliphatic carbocycles. The van der Waals surface area contributed by atoms with Crippen LogP contribution in [0.25, 0.3) is 0 Å². The summed E-state index contributed by atoms with van der Waals surface area (Å²) < 4.78 is 43.9. The molecule has 0 fully saturated rings. The van der Waals surface area contributed by atoms with E-state index in [4.69, 9.17) is 4.74 Å². The number of carbonyl (C=O) groups excluding carboxylic acids is 3. The summed E-state index contributed by atoms with van der Waals surface area (Å²) in [6.45, 7) is 3.29. The summed E-state index contributed by atoms with van der Waals surface area (Å²) in [5, 5.41) is 5.03. The van der Waals surface area contributed by atoms with Gasteiger partial charge in [-0.15, -0.1) is 0 Å². The highest BCUT2D eigenvalue weighted by Crippen LogP contribution is 2.30. The lowest BCUT2D eigenvalue weighted by molar-refractivity contribution is -0.147. The zero-order chi connectivity index (χ0) is 23.9. The van der Waals surface area contributed by atoms with Gasteiger partial charge in [0.05, 0.1) is 5.56 Å². The largest absolute Gasteiger partial charge is 0.456 e. The molecule has 0 unspecified atom stereocenters. The molecule has 0 bridgehead atoms. The van der Waals surface area contributed by atoms with Crippen LogP contribution in [0.3, 0.4) is 0 Å². The monoisotopic (exact) mass is 514 g/mol. The van der Waals surface area contributed by atoms with Crippen LogP contribution in [0.1, 0.15) is 36.0 Å². The van der Waals surface area contributed by atoms with E-state index in [0.29, 0.717) is 5.69 Å². The average molecular weight is 515 g/mol. The van der Waals surface area contributed by atoms with Gasteiger partial charge in [0.15, 0.2) is 6.61 Å². The van der Waals surface area contributed by atoms with Crippen LogP contribution < -0.4 is 10.6 Å². The maximum absolute atomic E-state index is 12.7. The number of halogens is 4. The fraction of sp³-hybridized carbons (Fsp3) is 0.318. The summed E-state index contributed by atoms with van der Waals surface area (Å²) in [5.41, 5.74) is 1.61. The van der Waals surface area contributed by atoms with Gasteiger partial charge in [-0.05, 0) is 61.7 Å². The van der Waals surface area contributed by atoms with Crippen molar-refractivity contribution in [1.82, 2.24) is 0 Å². The molecule has 10 heteroatoms. The van der Waals surface area contributed by atoms with E-state index in [0.717, 1.165) is 27.7 Å². The van der Waals surface area contributed by atoms with Gasteiger partial charge in [-0.1, -0.05) is 22.0 Å². The van der Waals surface area contributed by atoms with Gasteiger partial charge in [-0.25, -0.2) is 0 Å². The molecular formula is C22H22BrF3N2O4. The van der Waals surface area contributed by atoms with Crippen molar-refractivity contribution in [2.75, 3.05) is 17.2 Å². The summed E-state index contributed by atoms with van der Waals surface area (Å²) in [4.78, 5) is 35.7. The molecule has 0 aliphatic heterocycles. The van der Waals surface area contributed by atoms with Crippen molar-refractivity contribution in [1.29, 1.82) is 0 Å². The highest BCUT2D eigenvalue weighted by Gasteiger charge is 2.30. The molecule has 0 spiro atoms. The number of ether oxygens (including phenoxy) is 1. The first kappa shape index (κ1) is 25.4.